The van der Waals surface area contributed by atoms with Crippen molar-refractivity contribution in [1.82, 2.24) is 10.2 Å². The van der Waals surface area contributed by atoms with E-state index in [0.29, 0.717) is 0 Å². The lowest BCUT2D eigenvalue weighted by atomic mass is 9.85. The monoisotopic (exact) mass is 267 g/mol. The van der Waals surface area contributed by atoms with E-state index in [0.717, 1.165) is 24.2 Å². The van der Waals surface area contributed by atoms with Crippen molar-refractivity contribution < 1.29 is 22.8 Å². The van der Waals surface area contributed by atoms with Gasteiger partial charge in [0.05, 0.1) is 13.1 Å². The normalized spacial score (nSPS) is 16.4. The van der Waals surface area contributed by atoms with Crippen LogP contribution in [0.15, 0.2) is 0 Å². The summed E-state index contributed by atoms with van der Waals surface area (Å²) >= 11 is 0. The van der Waals surface area contributed by atoms with Crippen molar-refractivity contribution in [2.24, 2.45) is 11.7 Å². The molecule has 0 aromatic heterocycles. The molecule has 5 nitrogen and oxygen atoms in total. The van der Waals surface area contributed by atoms with Crippen molar-refractivity contribution in [3.05, 3.63) is 0 Å². The third-order valence-electron chi connectivity index (χ3n) is 2.77. The van der Waals surface area contributed by atoms with E-state index in [9.17, 15) is 22.8 Å². The number of hydrogen-bond acceptors (Lipinski definition) is 3. The molecule has 0 aliphatic heterocycles. The molecule has 0 radical (unpaired) electrons. The number of hydrogen-bond donors (Lipinski definition) is 2. The van der Waals surface area contributed by atoms with E-state index in [-0.39, 0.29) is 12.5 Å². The molecule has 0 unspecified atom stereocenters. The summed E-state index contributed by atoms with van der Waals surface area (Å²) in [6.07, 6.45) is -1.59. The summed E-state index contributed by atoms with van der Waals surface area (Å²) in [5, 5.41) is 1.76. The lowest BCUT2D eigenvalue weighted by Crippen LogP contribution is -2.47. The summed E-state index contributed by atoms with van der Waals surface area (Å²) in [4.78, 5) is 22.6. The van der Waals surface area contributed by atoms with Gasteiger partial charge in [0.1, 0.15) is 0 Å². The SMILES string of the molecule is NC(=O)NC(=O)CN(CC1CCC1)CC(F)(F)F. The zero-order chi connectivity index (χ0) is 13.8. The molecule has 18 heavy (non-hydrogen) atoms. The number of carbonyl (C=O) groups excluding carboxylic acids is 2. The Hall–Kier alpha value is -1.31. The molecule has 0 bridgehead atoms. The lowest BCUT2D eigenvalue weighted by molar-refractivity contribution is -0.150. The van der Waals surface area contributed by atoms with Crippen molar-refractivity contribution in [1.29, 1.82) is 0 Å². The maximum absolute atomic E-state index is 12.3. The van der Waals surface area contributed by atoms with Gasteiger partial charge >= 0.3 is 12.2 Å². The summed E-state index contributed by atoms with van der Waals surface area (Å²) in [6.45, 7) is -1.42. The van der Waals surface area contributed by atoms with E-state index in [2.05, 4.69) is 0 Å². The Morgan fingerprint density at radius 2 is 1.94 bits per heavy atom. The van der Waals surface area contributed by atoms with E-state index < -0.39 is 31.2 Å². The third kappa shape index (κ3) is 5.85. The summed E-state index contributed by atoms with van der Waals surface area (Å²) in [5.41, 5.74) is 4.72. The highest BCUT2D eigenvalue weighted by Gasteiger charge is 2.33. The molecule has 1 aliphatic carbocycles. The van der Waals surface area contributed by atoms with Gasteiger partial charge in [0.15, 0.2) is 0 Å². The highest BCUT2D eigenvalue weighted by Crippen LogP contribution is 2.28. The first kappa shape index (κ1) is 14.7. The van der Waals surface area contributed by atoms with Crippen LogP contribution in [0, 0.1) is 5.92 Å². The first-order valence-corrected chi connectivity index (χ1v) is 5.64. The zero-order valence-electron chi connectivity index (χ0n) is 9.79. The van der Waals surface area contributed by atoms with Crippen LogP contribution in [0.2, 0.25) is 0 Å². The van der Waals surface area contributed by atoms with E-state index in [4.69, 9.17) is 5.73 Å². The van der Waals surface area contributed by atoms with Crippen LogP contribution in [-0.2, 0) is 4.79 Å². The van der Waals surface area contributed by atoms with Crippen LogP contribution in [0.5, 0.6) is 0 Å². The van der Waals surface area contributed by atoms with E-state index in [1.54, 1.807) is 5.32 Å². The fourth-order valence-electron chi connectivity index (χ4n) is 1.86. The summed E-state index contributed by atoms with van der Waals surface area (Å²) < 4.78 is 37.0. The molecule has 0 aromatic rings. The topological polar surface area (TPSA) is 75.4 Å². The van der Waals surface area contributed by atoms with Gasteiger partial charge in [-0.15, -0.1) is 0 Å². The molecular formula is C10H16F3N3O2. The van der Waals surface area contributed by atoms with E-state index in [1.807, 2.05) is 0 Å². The molecule has 1 fully saturated rings. The van der Waals surface area contributed by atoms with Crippen molar-refractivity contribution in [2.75, 3.05) is 19.6 Å². The maximum atomic E-state index is 12.3. The predicted molar refractivity (Wildman–Crippen MR) is 57.6 cm³/mol. The number of imide groups is 1. The number of nitrogens with zero attached hydrogens (tertiary/aromatic N) is 1. The van der Waals surface area contributed by atoms with Gasteiger partial charge in [-0.1, -0.05) is 6.42 Å². The molecule has 1 rings (SSSR count). The summed E-state index contributed by atoms with van der Waals surface area (Å²) in [5.74, 6) is -0.611. The Bertz CT molecular complexity index is 316. The van der Waals surface area contributed by atoms with Crippen molar-refractivity contribution in [2.45, 2.75) is 25.4 Å². The van der Waals surface area contributed by atoms with Crippen molar-refractivity contribution in [3.8, 4) is 0 Å². The molecule has 8 heteroatoms. The van der Waals surface area contributed by atoms with Gasteiger partial charge in [0, 0.05) is 6.54 Å². The van der Waals surface area contributed by atoms with Crippen molar-refractivity contribution >= 4 is 11.9 Å². The second kappa shape index (κ2) is 6.03. The average molecular weight is 267 g/mol. The molecule has 0 aromatic carbocycles. The Kier molecular flexibility index (Phi) is 4.94. The molecule has 3 N–H and O–H groups in total. The number of rotatable bonds is 5. The number of nitrogens with two attached hydrogens (primary N) is 1. The van der Waals surface area contributed by atoms with Gasteiger partial charge in [-0.2, -0.15) is 13.2 Å². The smallest absolute Gasteiger partial charge is 0.351 e. The van der Waals surface area contributed by atoms with Crippen LogP contribution in [-0.4, -0.2) is 42.6 Å². The van der Waals surface area contributed by atoms with Crippen LogP contribution in [0.3, 0.4) is 0 Å². The Morgan fingerprint density at radius 1 is 1.33 bits per heavy atom. The number of primary amides is 1. The predicted octanol–water partition coefficient (Wildman–Crippen LogP) is 0.846. The minimum atomic E-state index is -4.36. The second-order valence-electron chi connectivity index (χ2n) is 4.49. The molecule has 0 spiro atoms. The number of halogens is 3. The van der Waals surface area contributed by atoms with Crippen molar-refractivity contribution in [3.63, 3.8) is 0 Å². The zero-order valence-corrected chi connectivity index (χ0v) is 9.79. The summed E-state index contributed by atoms with van der Waals surface area (Å²) in [7, 11) is 0. The molecular weight excluding hydrogens is 251 g/mol. The van der Waals surface area contributed by atoms with Crippen LogP contribution in [0.1, 0.15) is 19.3 Å². The van der Waals surface area contributed by atoms with Gasteiger partial charge in [-0.05, 0) is 18.8 Å². The molecule has 0 atom stereocenters. The van der Waals surface area contributed by atoms with E-state index >= 15 is 0 Å². The fourth-order valence-corrected chi connectivity index (χ4v) is 1.86. The van der Waals surface area contributed by atoms with Gasteiger partial charge in [-0.25, -0.2) is 4.79 Å². The van der Waals surface area contributed by atoms with E-state index in [1.165, 1.54) is 0 Å². The Balaban J connectivity index is 2.47. The van der Waals surface area contributed by atoms with Crippen LogP contribution >= 0.6 is 0 Å². The molecule has 3 amide bonds. The Morgan fingerprint density at radius 3 is 2.33 bits per heavy atom. The first-order chi connectivity index (χ1) is 8.26. The van der Waals surface area contributed by atoms with Crippen LogP contribution < -0.4 is 11.1 Å². The minimum Gasteiger partial charge on any atom is -0.351 e. The quantitative estimate of drug-likeness (QED) is 0.775. The standard InChI is InChI=1S/C10H16F3N3O2/c11-10(12,13)6-16(4-7-2-1-3-7)5-8(17)15-9(14)18/h7H,1-6H2,(H3,14,15,17,18). The summed E-state index contributed by atoms with van der Waals surface area (Å²) in [6, 6.07) is -1.06. The van der Waals surface area contributed by atoms with Gasteiger partial charge in [-0.3, -0.25) is 15.0 Å². The number of nitrogens with one attached hydrogen (secondary N) is 1. The van der Waals surface area contributed by atoms with Crippen LogP contribution in [0.4, 0.5) is 18.0 Å². The largest absolute Gasteiger partial charge is 0.401 e. The molecule has 0 heterocycles. The number of carbonyl (C=O) groups is 2. The minimum absolute atomic E-state index is 0.203. The molecule has 0 saturated heterocycles. The number of urea groups is 1. The number of amides is 3. The fraction of sp³-hybridized carbons (Fsp3) is 0.800. The molecule has 1 saturated carbocycles. The van der Waals surface area contributed by atoms with Gasteiger partial charge in [0.25, 0.3) is 0 Å². The second-order valence-corrected chi connectivity index (χ2v) is 4.49. The highest BCUT2D eigenvalue weighted by atomic mass is 19.4. The van der Waals surface area contributed by atoms with Gasteiger partial charge in [0.2, 0.25) is 5.91 Å². The average Bonchev–Trinajstić information content (AvgIpc) is 2.06. The number of alkyl halides is 3. The first-order valence-electron chi connectivity index (χ1n) is 5.64. The third-order valence-corrected chi connectivity index (χ3v) is 2.77. The lowest BCUT2D eigenvalue weighted by Gasteiger charge is -2.32. The maximum Gasteiger partial charge on any atom is 0.401 e. The Labute approximate surface area is 102 Å². The molecule has 1 aliphatic rings. The van der Waals surface area contributed by atoms with Gasteiger partial charge < -0.3 is 5.73 Å². The highest BCUT2D eigenvalue weighted by molar-refractivity contribution is 5.94. The molecule has 104 valence electrons. The van der Waals surface area contributed by atoms with Crippen LogP contribution in [0.25, 0.3) is 0 Å².